The van der Waals surface area contributed by atoms with Gasteiger partial charge in [-0.2, -0.15) is 0 Å². The Morgan fingerprint density at radius 3 is 2.44 bits per heavy atom. The average molecular weight is 431 g/mol. The molecule has 1 aliphatic carbocycles. The van der Waals surface area contributed by atoms with Crippen molar-refractivity contribution in [2.45, 2.75) is 18.3 Å². The smallest absolute Gasteiger partial charge is 0.239 e. The van der Waals surface area contributed by atoms with Crippen LogP contribution in [0, 0.1) is 0 Å². The number of rotatable bonds is 8. The maximum Gasteiger partial charge on any atom is 0.239 e. The molecule has 0 radical (unpaired) electrons. The predicted octanol–water partition coefficient (Wildman–Crippen LogP) is 2.56. The van der Waals surface area contributed by atoms with E-state index in [1.807, 2.05) is 18.2 Å². The molecule has 1 fully saturated rings. The zero-order chi connectivity index (χ0) is 19.3. The summed E-state index contributed by atoms with van der Waals surface area (Å²) >= 11 is 3.30. The second kappa shape index (κ2) is 8.63. The molecule has 0 saturated heterocycles. The number of carbonyl (C=O) groups excluding carboxylic acids is 2. The summed E-state index contributed by atoms with van der Waals surface area (Å²) in [4.78, 5) is 30.1. The van der Waals surface area contributed by atoms with E-state index < -0.39 is 0 Å². The summed E-state index contributed by atoms with van der Waals surface area (Å²) in [6.45, 7) is 0.930. The van der Waals surface area contributed by atoms with Crippen LogP contribution in [0.25, 0.3) is 0 Å². The van der Waals surface area contributed by atoms with Crippen LogP contribution in [0.2, 0.25) is 0 Å². The highest BCUT2D eigenvalue weighted by Crippen LogP contribution is 2.47. The van der Waals surface area contributed by atoms with E-state index >= 15 is 0 Å². The first kappa shape index (κ1) is 19.5. The number of halogens is 1. The largest absolute Gasteiger partial charge is 0.354 e. The predicted molar refractivity (Wildman–Crippen MR) is 108 cm³/mol. The van der Waals surface area contributed by atoms with Gasteiger partial charge in [0, 0.05) is 22.6 Å². The number of likely N-dealkylation sites (N-methyl/N-ethyl adjacent to an activating group) is 1. The zero-order valence-electron chi connectivity index (χ0n) is 15.2. The normalized spacial score (nSPS) is 14.6. The molecular formula is C20H23BrN4O2. The van der Waals surface area contributed by atoms with Gasteiger partial charge in [0.15, 0.2) is 0 Å². The monoisotopic (exact) mass is 430 g/mol. The van der Waals surface area contributed by atoms with Crippen LogP contribution in [0.1, 0.15) is 18.4 Å². The Morgan fingerprint density at radius 2 is 1.81 bits per heavy atom. The molecular weight excluding hydrogens is 408 g/mol. The number of pyridine rings is 1. The van der Waals surface area contributed by atoms with Crippen LogP contribution in [0.3, 0.4) is 0 Å². The van der Waals surface area contributed by atoms with Gasteiger partial charge >= 0.3 is 0 Å². The van der Waals surface area contributed by atoms with Crippen LogP contribution in [-0.4, -0.2) is 48.4 Å². The average Bonchev–Trinajstić information content (AvgIpc) is 3.44. The molecule has 0 bridgehead atoms. The van der Waals surface area contributed by atoms with Crippen LogP contribution in [-0.2, 0) is 15.0 Å². The van der Waals surface area contributed by atoms with Crippen molar-refractivity contribution in [2.24, 2.45) is 0 Å². The topological polar surface area (TPSA) is 74.3 Å². The van der Waals surface area contributed by atoms with E-state index in [9.17, 15) is 9.59 Å². The van der Waals surface area contributed by atoms with Gasteiger partial charge in [-0.05, 0) is 53.5 Å². The molecule has 0 atom stereocenters. The van der Waals surface area contributed by atoms with Crippen molar-refractivity contribution >= 4 is 33.6 Å². The summed E-state index contributed by atoms with van der Waals surface area (Å²) in [5, 5.41) is 5.73. The molecule has 1 heterocycles. The van der Waals surface area contributed by atoms with E-state index in [1.165, 1.54) is 5.56 Å². The third-order valence-electron chi connectivity index (χ3n) is 4.69. The van der Waals surface area contributed by atoms with Gasteiger partial charge in [-0.3, -0.25) is 14.5 Å². The molecule has 142 valence electrons. The van der Waals surface area contributed by atoms with Gasteiger partial charge in [0.1, 0.15) is 5.82 Å². The van der Waals surface area contributed by atoms with Gasteiger partial charge in [-0.15, -0.1) is 0 Å². The molecule has 2 aromatic rings. The third kappa shape index (κ3) is 5.61. The second-order valence-corrected chi connectivity index (χ2v) is 7.92. The van der Waals surface area contributed by atoms with Gasteiger partial charge in [0.25, 0.3) is 0 Å². The lowest BCUT2D eigenvalue weighted by Crippen LogP contribution is -2.41. The number of benzene rings is 1. The molecule has 2 amide bonds. The fourth-order valence-electron chi connectivity index (χ4n) is 3.01. The van der Waals surface area contributed by atoms with E-state index in [0.717, 1.165) is 17.3 Å². The standard InChI is InChI=1S/C20H23BrN4O2/c1-25(13-19(27)24-17-8-7-16(21)11-22-17)12-18(26)23-14-20(9-10-20)15-5-3-2-4-6-15/h2-8,11H,9-10,12-14H2,1H3,(H,23,26)(H,22,24,27). The van der Waals surface area contributed by atoms with E-state index in [0.29, 0.717) is 12.4 Å². The number of amides is 2. The summed E-state index contributed by atoms with van der Waals surface area (Å²) < 4.78 is 0.846. The second-order valence-electron chi connectivity index (χ2n) is 7.01. The molecule has 27 heavy (non-hydrogen) atoms. The lowest BCUT2D eigenvalue weighted by molar-refractivity contribution is -0.123. The number of hydrogen-bond acceptors (Lipinski definition) is 4. The first-order chi connectivity index (χ1) is 13.0. The minimum Gasteiger partial charge on any atom is -0.354 e. The van der Waals surface area contributed by atoms with E-state index in [2.05, 4.69) is 43.7 Å². The molecule has 1 aromatic heterocycles. The fourth-order valence-corrected chi connectivity index (χ4v) is 3.25. The lowest BCUT2D eigenvalue weighted by atomic mass is 9.96. The summed E-state index contributed by atoms with van der Waals surface area (Å²) in [6.07, 6.45) is 3.80. The number of aromatic nitrogens is 1. The van der Waals surface area contributed by atoms with Crippen molar-refractivity contribution in [1.82, 2.24) is 15.2 Å². The van der Waals surface area contributed by atoms with Gasteiger partial charge in [0.05, 0.1) is 13.1 Å². The molecule has 0 unspecified atom stereocenters. The van der Waals surface area contributed by atoms with Gasteiger partial charge < -0.3 is 10.6 Å². The first-order valence-electron chi connectivity index (χ1n) is 8.89. The Bertz CT molecular complexity index is 791. The van der Waals surface area contributed by atoms with Crippen LogP contribution in [0.5, 0.6) is 0 Å². The highest BCUT2D eigenvalue weighted by atomic mass is 79.9. The van der Waals surface area contributed by atoms with E-state index in [1.54, 1.807) is 30.3 Å². The Hall–Kier alpha value is -2.25. The number of hydrogen-bond donors (Lipinski definition) is 2. The first-order valence-corrected chi connectivity index (χ1v) is 9.68. The fraction of sp³-hybridized carbons (Fsp3) is 0.350. The SMILES string of the molecule is CN(CC(=O)NCC1(c2ccccc2)CC1)CC(=O)Nc1ccc(Br)cn1. The molecule has 0 aliphatic heterocycles. The zero-order valence-corrected chi connectivity index (χ0v) is 16.8. The minimum atomic E-state index is -0.205. The lowest BCUT2D eigenvalue weighted by Gasteiger charge is -2.19. The molecule has 2 N–H and O–H groups in total. The van der Waals surface area contributed by atoms with Crippen molar-refractivity contribution < 1.29 is 9.59 Å². The van der Waals surface area contributed by atoms with Crippen molar-refractivity contribution in [3.05, 3.63) is 58.7 Å². The Labute approximate surface area is 167 Å². The van der Waals surface area contributed by atoms with Crippen molar-refractivity contribution in [3.63, 3.8) is 0 Å². The van der Waals surface area contributed by atoms with Crippen LogP contribution < -0.4 is 10.6 Å². The van der Waals surface area contributed by atoms with Gasteiger partial charge in [-0.25, -0.2) is 4.98 Å². The van der Waals surface area contributed by atoms with E-state index in [-0.39, 0.29) is 30.3 Å². The Balaban J connectivity index is 1.41. The maximum absolute atomic E-state index is 12.2. The summed E-state index contributed by atoms with van der Waals surface area (Å²) in [7, 11) is 1.75. The van der Waals surface area contributed by atoms with Crippen molar-refractivity contribution in [3.8, 4) is 0 Å². The van der Waals surface area contributed by atoms with Crippen LogP contribution in [0.4, 0.5) is 5.82 Å². The highest BCUT2D eigenvalue weighted by Gasteiger charge is 2.44. The molecule has 0 spiro atoms. The maximum atomic E-state index is 12.2. The number of nitrogens with one attached hydrogen (secondary N) is 2. The van der Waals surface area contributed by atoms with Crippen LogP contribution >= 0.6 is 15.9 Å². The summed E-state index contributed by atoms with van der Waals surface area (Å²) in [5.74, 6) is 0.205. The minimum absolute atomic E-state index is 0.0747. The Kier molecular flexibility index (Phi) is 6.23. The van der Waals surface area contributed by atoms with Crippen molar-refractivity contribution in [2.75, 3.05) is 32.0 Å². The molecule has 7 heteroatoms. The molecule has 1 aliphatic rings. The molecule has 1 aromatic carbocycles. The van der Waals surface area contributed by atoms with E-state index in [4.69, 9.17) is 0 Å². The molecule has 3 rings (SSSR count). The highest BCUT2D eigenvalue weighted by molar-refractivity contribution is 9.10. The van der Waals surface area contributed by atoms with Crippen LogP contribution in [0.15, 0.2) is 53.1 Å². The Morgan fingerprint density at radius 1 is 1.11 bits per heavy atom. The van der Waals surface area contributed by atoms with Gasteiger partial charge in [0.2, 0.25) is 11.8 Å². The number of anilines is 1. The third-order valence-corrected chi connectivity index (χ3v) is 5.15. The number of carbonyl (C=O) groups is 2. The van der Waals surface area contributed by atoms with Crippen molar-refractivity contribution in [1.29, 1.82) is 0 Å². The van der Waals surface area contributed by atoms with Gasteiger partial charge in [-0.1, -0.05) is 30.3 Å². The molecule has 6 nitrogen and oxygen atoms in total. The number of nitrogens with zero attached hydrogens (tertiary/aromatic N) is 2. The summed E-state index contributed by atoms with van der Waals surface area (Å²) in [5.41, 5.74) is 1.36. The molecule has 1 saturated carbocycles. The quantitative estimate of drug-likeness (QED) is 0.674. The summed E-state index contributed by atoms with van der Waals surface area (Å²) in [6, 6.07) is 13.8.